The van der Waals surface area contributed by atoms with E-state index in [1.54, 1.807) is 62.8 Å². The Kier molecular flexibility index (Phi) is 5.37. The Morgan fingerprint density at radius 1 is 0.794 bits per heavy atom. The number of carbonyl (C=O) groups is 2. The molecule has 0 aliphatic carbocycles. The lowest BCUT2D eigenvalue weighted by Crippen LogP contribution is -2.45. The zero-order valence-corrected chi connectivity index (χ0v) is 18.8. The van der Waals surface area contributed by atoms with Crippen molar-refractivity contribution in [2.24, 2.45) is 0 Å². The van der Waals surface area contributed by atoms with Gasteiger partial charge in [0.2, 0.25) is 0 Å². The lowest BCUT2D eigenvalue weighted by Gasteiger charge is -2.28. The fourth-order valence-corrected chi connectivity index (χ4v) is 4.32. The predicted molar refractivity (Wildman–Crippen MR) is 128 cm³/mol. The van der Waals surface area contributed by atoms with Gasteiger partial charge in [-0.25, -0.2) is 4.79 Å². The van der Waals surface area contributed by atoms with Crippen LogP contribution >= 0.6 is 0 Å². The first-order valence-corrected chi connectivity index (χ1v) is 10.8. The van der Waals surface area contributed by atoms with Crippen LogP contribution in [0.15, 0.2) is 84.9 Å². The number of fused-ring (bicyclic) bond motifs is 1. The van der Waals surface area contributed by atoms with E-state index in [1.807, 2.05) is 36.4 Å². The van der Waals surface area contributed by atoms with E-state index in [2.05, 4.69) is 10.3 Å². The standard InChI is InChI=1S/C27H23N3O4/c1-33-22-13-8-19(9-14-22)27(20-10-15-23(34-2)16-11-20)25(31)30(26(32)29-27)17-21-12-7-18-5-3-4-6-24(18)28-21/h3-16H,17H2,1-2H3,(H,29,32). The Labute approximate surface area is 196 Å². The van der Waals surface area contributed by atoms with Crippen molar-refractivity contribution in [3.8, 4) is 11.5 Å². The fraction of sp³-hybridized carbons (Fsp3) is 0.148. The smallest absolute Gasteiger partial charge is 0.325 e. The van der Waals surface area contributed by atoms with Crippen LogP contribution in [0.1, 0.15) is 16.8 Å². The molecule has 1 N–H and O–H groups in total. The molecule has 0 unspecified atom stereocenters. The molecule has 3 amide bonds. The second-order valence-electron chi connectivity index (χ2n) is 8.02. The molecule has 1 aliphatic heterocycles. The van der Waals surface area contributed by atoms with E-state index < -0.39 is 11.6 Å². The Bertz CT molecular complexity index is 1320. The third kappa shape index (κ3) is 3.51. The van der Waals surface area contributed by atoms with E-state index >= 15 is 0 Å². The van der Waals surface area contributed by atoms with Crippen LogP contribution in [0.2, 0.25) is 0 Å². The van der Waals surface area contributed by atoms with Gasteiger partial charge in [0.05, 0.1) is 32.0 Å². The summed E-state index contributed by atoms with van der Waals surface area (Å²) < 4.78 is 10.6. The molecule has 0 saturated carbocycles. The van der Waals surface area contributed by atoms with Gasteiger partial charge < -0.3 is 14.8 Å². The molecule has 2 heterocycles. The van der Waals surface area contributed by atoms with E-state index in [1.165, 1.54) is 4.90 Å². The SMILES string of the molecule is COc1ccc(C2(c3ccc(OC)cc3)NC(=O)N(Cc3ccc4ccccc4n3)C2=O)cc1. The van der Waals surface area contributed by atoms with Crippen LogP contribution in [0.5, 0.6) is 11.5 Å². The normalized spacial score (nSPS) is 14.8. The zero-order chi connectivity index (χ0) is 23.7. The summed E-state index contributed by atoms with van der Waals surface area (Å²) in [5.74, 6) is 0.938. The van der Waals surface area contributed by atoms with Crippen LogP contribution in [0.25, 0.3) is 10.9 Å². The molecule has 3 aromatic carbocycles. The topological polar surface area (TPSA) is 80.8 Å². The van der Waals surface area contributed by atoms with E-state index in [0.29, 0.717) is 28.3 Å². The number of benzene rings is 3. The molecule has 1 aliphatic rings. The number of hydrogen-bond acceptors (Lipinski definition) is 5. The third-order valence-electron chi connectivity index (χ3n) is 6.13. The summed E-state index contributed by atoms with van der Waals surface area (Å²) in [6, 6.07) is 25.3. The fourth-order valence-electron chi connectivity index (χ4n) is 4.32. The number of carbonyl (C=O) groups excluding carboxylic acids is 2. The molecule has 0 atom stereocenters. The second-order valence-corrected chi connectivity index (χ2v) is 8.02. The Balaban J connectivity index is 1.56. The summed E-state index contributed by atoms with van der Waals surface area (Å²) in [5, 5.41) is 3.95. The maximum atomic E-state index is 14.0. The van der Waals surface area contributed by atoms with E-state index in [4.69, 9.17) is 9.47 Å². The van der Waals surface area contributed by atoms with Crippen LogP contribution in [0.3, 0.4) is 0 Å². The third-order valence-corrected chi connectivity index (χ3v) is 6.13. The van der Waals surface area contributed by atoms with Crippen molar-refractivity contribution in [2.45, 2.75) is 12.1 Å². The number of methoxy groups -OCH3 is 2. The molecule has 7 heteroatoms. The number of pyridine rings is 1. The number of nitrogens with zero attached hydrogens (tertiary/aromatic N) is 2. The van der Waals surface area contributed by atoms with Gasteiger partial charge in [-0.15, -0.1) is 0 Å². The lowest BCUT2D eigenvalue weighted by molar-refractivity contribution is -0.130. The number of nitrogens with one attached hydrogen (secondary N) is 1. The van der Waals surface area contributed by atoms with E-state index in [0.717, 1.165) is 10.9 Å². The summed E-state index contributed by atoms with van der Waals surface area (Å²) >= 11 is 0. The highest BCUT2D eigenvalue weighted by Crippen LogP contribution is 2.38. The molecule has 1 saturated heterocycles. The molecule has 0 radical (unpaired) electrons. The van der Waals surface area contributed by atoms with Crippen LogP contribution in [-0.2, 0) is 16.9 Å². The van der Waals surface area contributed by atoms with Gasteiger partial charge in [-0.3, -0.25) is 14.7 Å². The summed E-state index contributed by atoms with van der Waals surface area (Å²) in [4.78, 5) is 33.0. The second kappa shape index (κ2) is 8.51. The number of urea groups is 1. The summed E-state index contributed by atoms with van der Waals surface area (Å²) in [6.07, 6.45) is 0. The van der Waals surface area contributed by atoms with Crippen molar-refractivity contribution in [2.75, 3.05) is 14.2 Å². The van der Waals surface area contributed by atoms with Gasteiger partial charge in [-0.1, -0.05) is 48.5 Å². The van der Waals surface area contributed by atoms with Gasteiger partial charge in [-0.05, 0) is 47.5 Å². The van der Waals surface area contributed by atoms with Crippen LogP contribution in [-0.4, -0.2) is 36.0 Å². The zero-order valence-electron chi connectivity index (χ0n) is 18.8. The minimum Gasteiger partial charge on any atom is -0.497 e. The van der Waals surface area contributed by atoms with Crippen molar-refractivity contribution in [1.29, 1.82) is 0 Å². The van der Waals surface area contributed by atoms with Crippen molar-refractivity contribution in [3.63, 3.8) is 0 Å². The highest BCUT2D eigenvalue weighted by atomic mass is 16.5. The molecule has 170 valence electrons. The molecule has 4 aromatic rings. The molecule has 1 fully saturated rings. The Morgan fingerprint density at radius 3 is 1.97 bits per heavy atom. The average Bonchev–Trinajstić information content (AvgIpc) is 3.14. The largest absolute Gasteiger partial charge is 0.497 e. The van der Waals surface area contributed by atoms with E-state index in [-0.39, 0.29) is 12.5 Å². The lowest BCUT2D eigenvalue weighted by atomic mass is 9.82. The average molecular weight is 453 g/mol. The van der Waals surface area contributed by atoms with Crippen LogP contribution in [0, 0.1) is 0 Å². The number of aromatic nitrogens is 1. The number of imide groups is 1. The first-order valence-electron chi connectivity index (χ1n) is 10.8. The van der Waals surface area contributed by atoms with Gasteiger partial charge >= 0.3 is 6.03 Å². The van der Waals surface area contributed by atoms with Crippen molar-refractivity contribution in [3.05, 3.63) is 102 Å². The minimum atomic E-state index is -1.38. The molecular weight excluding hydrogens is 430 g/mol. The van der Waals surface area contributed by atoms with E-state index in [9.17, 15) is 9.59 Å². The minimum absolute atomic E-state index is 0.0591. The van der Waals surface area contributed by atoms with Gasteiger partial charge in [0.1, 0.15) is 11.5 Å². The maximum Gasteiger partial charge on any atom is 0.325 e. The summed E-state index contributed by atoms with van der Waals surface area (Å²) in [7, 11) is 3.16. The maximum absolute atomic E-state index is 14.0. The van der Waals surface area contributed by atoms with Gasteiger partial charge in [0.25, 0.3) is 5.91 Å². The molecule has 0 spiro atoms. The van der Waals surface area contributed by atoms with Gasteiger partial charge in [0, 0.05) is 5.39 Å². The number of ether oxygens (including phenoxy) is 2. The molecule has 34 heavy (non-hydrogen) atoms. The summed E-state index contributed by atoms with van der Waals surface area (Å²) in [6.45, 7) is 0.0591. The number of hydrogen-bond donors (Lipinski definition) is 1. The quantitative estimate of drug-likeness (QED) is 0.442. The molecule has 0 bridgehead atoms. The van der Waals surface area contributed by atoms with Crippen molar-refractivity contribution >= 4 is 22.8 Å². The Morgan fingerprint density at radius 2 is 1.38 bits per heavy atom. The monoisotopic (exact) mass is 453 g/mol. The number of rotatable bonds is 6. The predicted octanol–water partition coefficient (Wildman–Crippen LogP) is 4.25. The Hall–Kier alpha value is -4.39. The van der Waals surface area contributed by atoms with Crippen molar-refractivity contribution < 1.29 is 19.1 Å². The number of para-hydroxylation sites is 1. The highest BCUT2D eigenvalue weighted by molar-refractivity contribution is 6.09. The first-order chi connectivity index (χ1) is 16.5. The number of amides is 3. The van der Waals surface area contributed by atoms with Gasteiger partial charge in [0.15, 0.2) is 5.54 Å². The van der Waals surface area contributed by atoms with Gasteiger partial charge in [-0.2, -0.15) is 0 Å². The molecule has 5 rings (SSSR count). The highest BCUT2D eigenvalue weighted by Gasteiger charge is 2.53. The molecule has 1 aromatic heterocycles. The molecule has 7 nitrogen and oxygen atoms in total. The van der Waals surface area contributed by atoms with Crippen LogP contribution < -0.4 is 14.8 Å². The molecular formula is C27H23N3O4. The first kappa shape index (κ1) is 21.5. The van der Waals surface area contributed by atoms with Crippen molar-refractivity contribution in [1.82, 2.24) is 15.2 Å². The van der Waals surface area contributed by atoms with Crippen LogP contribution in [0.4, 0.5) is 4.79 Å². The summed E-state index contributed by atoms with van der Waals surface area (Å²) in [5.41, 5.74) is 1.31.